The van der Waals surface area contributed by atoms with Crippen LogP contribution in [0.15, 0.2) is 42.6 Å². The smallest absolute Gasteiger partial charge is 0.129 e. The van der Waals surface area contributed by atoms with Gasteiger partial charge in [-0.15, -0.1) is 0 Å². The molecule has 0 aliphatic heterocycles. The van der Waals surface area contributed by atoms with E-state index in [0.29, 0.717) is 11.8 Å². The van der Waals surface area contributed by atoms with E-state index in [4.69, 9.17) is 16.3 Å². The van der Waals surface area contributed by atoms with Crippen molar-refractivity contribution in [2.75, 3.05) is 0 Å². The number of nitrogens with zero attached hydrogens (tertiary/aromatic N) is 1. The van der Waals surface area contributed by atoms with Crippen molar-refractivity contribution >= 4 is 34.2 Å². The lowest BCUT2D eigenvalue weighted by Crippen LogP contribution is -1.95. The van der Waals surface area contributed by atoms with Crippen molar-refractivity contribution in [3.63, 3.8) is 0 Å². The highest BCUT2D eigenvalue weighted by atomic mass is 127. The molecule has 1 heterocycles. The molecule has 0 aliphatic carbocycles. The lowest BCUT2D eigenvalue weighted by molar-refractivity contribution is 0.305. The van der Waals surface area contributed by atoms with Gasteiger partial charge in [0.05, 0.1) is 0 Å². The zero-order valence-corrected chi connectivity index (χ0v) is 11.3. The maximum absolute atomic E-state index is 5.69. The van der Waals surface area contributed by atoms with Crippen molar-refractivity contribution in [3.05, 3.63) is 56.9 Å². The van der Waals surface area contributed by atoms with E-state index in [9.17, 15) is 0 Å². The van der Waals surface area contributed by atoms with Crippen molar-refractivity contribution in [2.24, 2.45) is 0 Å². The molecule has 2 nitrogen and oxygen atoms in total. The summed E-state index contributed by atoms with van der Waals surface area (Å²) in [4.78, 5) is 3.99. The molecule has 0 radical (unpaired) electrons. The Kier molecular flexibility index (Phi) is 4.01. The Morgan fingerprint density at radius 1 is 1.12 bits per heavy atom. The van der Waals surface area contributed by atoms with Gasteiger partial charge in [-0.2, -0.15) is 0 Å². The van der Waals surface area contributed by atoms with Gasteiger partial charge in [0.15, 0.2) is 0 Å². The zero-order valence-electron chi connectivity index (χ0n) is 8.36. The van der Waals surface area contributed by atoms with Crippen LogP contribution >= 0.6 is 34.2 Å². The summed E-state index contributed by atoms with van der Waals surface area (Å²) < 4.78 is 6.79. The Balaban J connectivity index is 1.97. The van der Waals surface area contributed by atoms with Crippen LogP contribution in [0.4, 0.5) is 0 Å². The Bertz CT molecular complexity index is 410. The monoisotopic (exact) mass is 345 g/mol. The summed E-state index contributed by atoms with van der Waals surface area (Å²) in [5.41, 5.74) is 1.00. The van der Waals surface area contributed by atoms with Crippen LogP contribution in [0.2, 0.25) is 5.15 Å². The second-order valence-corrected chi connectivity index (χ2v) is 4.86. The topological polar surface area (TPSA) is 22.1 Å². The summed E-state index contributed by atoms with van der Waals surface area (Å²) in [7, 11) is 0. The number of benzene rings is 1. The summed E-state index contributed by atoms with van der Waals surface area (Å²) in [6.07, 6.45) is 1.72. The number of ether oxygens (including phenoxy) is 1. The third-order valence-corrected chi connectivity index (χ3v) is 2.95. The molecule has 0 saturated carbocycles. The quantitative estimate of drug-likeness (QED) is 0.621. The van der Waals surface area contributed by atoms with Crippen molar-refractivity contribution < 1.29 is 4.74 Å². The molecule has 0 unspecified atom stereocenters. The largest absolute Gasteiger partial charge is 0.489 e. The molecular formula is C12H9ClINO. The molecule has 2 rings (SSSR count). The van der Waals surface area contributed by atoms with E-state index in [2.05, 4.69) is 27.6 Å². The number of hydrogen-bond donors (Lipinski definition) is 0. The number of hydrogen-bond acceptors (Lipinski definition) is 2. The predicted octanol–water partition coefficient (Wildman–Crippen LogP) is 3.92. The molecule has 2 aromatic rings. The number of aromatic nitrogens is 1. The van der Waals surface area contributed by atoms with Gasteiger partial charge < -0.3 is 4.74 Å². The highest BCUT2D eigenvalue weighted by molar-refractivity contribution is 14.1. The molecule has 0 fully saturated rings. The van der Waals surface area contributed by atoms with Gasteiger partial charge in [0.1, 0.15) is 17.5 Å². The minimum absolute atomic E-state index is 0.498. The van der Waals surface area contributed by atoms with Gasteiger partial charge in [0.25, 0.3) is 0 Å². The van der Waals surface area contributed by atoms with Crippen molar-refractivity contribution in [3.8, 4) is 5.75 Å². The van der Waals surface area contributed by atoms with Crippen LogP contribution in [0.3, 0.4) is 0 Å². The fraction of sp³-hybridized carbons (Fsp3) is 0.0833. The van der Waals surface area contributed by atoms with Gasteiger partial charge in [-0.05, 0) is 52.9 Å². The van der Waals surface area contributed by atoms with Crippen LogP contribution < -0.4 is 4.74 Å². The van der Waals surface area contributed by atoms with Crippen LogP contribution in [0.5, 0.6) is 5.75 Å². The standard InChI is InChI=1S/C12H9ClINO/c13-12-6-1-9(7-15-12)8-16-11-4-2-10(14)3-5-11/h1-7H,8H2. The molecule has 0 amide bonds. The molecule has 0 aliphatic rings. The highest BCUT2D eigenvalue weighted by Crippen LogP contribution is 2.15. The predicted molar refractivity (Wildman–Crippen MR) is 72.7 cm³/mol. The normalized spacial score (nSPS) is 10.1. The van der Waals surface area contributed by atoms with E-state index in [-0.39, 0.29) is 0 Å². The molecule has 0 bridgehead atoms. The molecular weight excluding hydrogens is 336 g/mol. The third kappa shape index (κ3) is 3.35. The average molecular weight is 346 g/mol. The number of pyridine rings is 1. The van der Waals surface area contributed by atoms with Crippen LogP contribution in [0, 0.1) is 3.57 Å². The second kappa shape index (κ2) is 5.50. The van der Waals surface area contributed by atoms with Crippen molar-refractivity contribution in [1.82, 2.24) is 4.98 Å². The van der Waals surface area contributed by atoms with Crippen LogP contribution in [0.1, 0.15) is 5.56 Å². The first-order valence-corrected chi connectivity index (χ1v) is 6.18. The lowest BCUT2D eigenvalue weighted by atomic mass is 10.3. The number of rotatable bonds is 3. The van der Waals surface area contributed by atoms with Gasteiger partial charge >= 0.3 is 0 Å². The van der Waals surface area contributed by atoms with E-state index >= 15 is 0 Å². The van der Waals surface area contributed by atoms with Gasteiger partial charge in [0, 0.05) is 15.3 Å². The van der Waals surface area contributed by atoms with Gasteiger partial charge in [-0.3, -0.25) is 0 Å². The summed E-state index contributed by atoms with van der Waals surface area (Å²) in [5, 5.41) is 0.498. The Labute approximate surface area is 113 Å². The molecule has 4 heteroatoms. The minimum Gasteiger partial charge on any atom is -0.489 e. The molecule has 16 heavy (non-hydrogen) atoms. The van der Waals surface area contributed by atoms with Gasteiger partial charge in [-0.1, -0.05) is 17.7 Å². The fourth-order valence-corrected chi connectivity index (χ4v) is 1.66. The third-order valence-electron chi connectivity index (χ3n) is 2.01. The Hall–Kier alpha value is -0.810. The maximum atomic E-state index is 5.69. The summed E-state index contributed by atoms with van der Waals surface area (Å²) in [6, 6.07) is 11.6. The van der Waals surface area contributed by atoms with Crippen LogP contribution in [0.25, 0.3) is 0 Å². The number of halogens is 2. The maximum Gasteiger partial charge on any atom is 0.129 e. The van der Waals surface area contributed by atoms with Crippen LogP contribution in [-0.2, 0) is 6.61 Å². The summed E-state index contributed by atoms with van der Waals surface area (Å²) in [6.45, 7) is 0.505. The first kappa shape index (κ1) is 11.7. The van der Waals surface area contributed by atoms with Crippen molar-refractivity contribution in [1.29, 1.82) is 0 Å². The average Bonchev–Trinajstić information content (AvgIpc) is 2.30. The van der Waals surface area contributed by atoms with E-state index < -0.39 is 0 Å². The molecule has 0 spiro atoms. The van der Waals surface area contributed by atoms with Crippen LogP contribution in [-0.4, -0.2) is 4.98 Å². The van der Waals surface area contributed by atoms with E-state index in [0.717, 1.165) is 11.3 Å². The van der Waals surface area contributed by atoms with Gasteiger partial charge in [-0.25, -0.2) is 4.98 Å². The van der Waals surface area contributed by atoms with E-state index in [1.165, 1.54) is 3.57 Å². The fourth-order valence-electron chi connectivity index (χ4n) is 1.19. The molecule has 0 atom stereocenters. The molecule has 1 aromatic heterocycles. The Morgan fingerprint density at radius 3 is 2.50 bits per heavy atom. The molecule has 1 aromatic carbocycles. The lowest BCUT2D eigenvalue weighted by Gasteiger charge is -2.05. The van der Waals surface area contributed by atoms with Gasteiger partial charge in [0.2, 0.25) is 0 Å². The summed E-state index contributed by atoms with van der Waals surface area (Å²) in [5.74, 6) is 0.857. The highest BCUT2D eigenvalue weighted by Gasteiger charge is 1.96. The van der Waals surface area contributed by atoms with Crippen molar-refractivity contribution in [2.45, 2.75) is 6.61 Å². The second-order valence-electron chi connectivity index (χ2n) is 3.23. The molecule has 0 N–H and O–H groups in total. The first-order valence-electron chi connectivity index (χ1n) is 4.73. The van der Waals surface area contributed by atoms with E-state index in [1.54, 1.807) is 12.3 Å². The van der Waals surface area contributed by atoms with E-state index in [1.807, 2.05) is 30.3 Å². The Morgan fingerprint density at radius 2 is 1.88 bits per heavy atom. The molecule has 0 saturated heterocycles. The minimum atomic E-state index is 0.498. The SMILES string of the molecule is Clc1ccc(COc2ccc(I)cc2)cn1. The molecule has 82 valence electrons. The first-order chi connectivity index (χ1) is 7.74. The zero-order chi connectivity index (χ0) is 11.4. The summed E-state index contributed by atoms with van der Waals surface area (Å²) >= 11 is 7.95.